The van der Waals surface area contributed by atoms with Gasteiger partial charge < -0.3 is 23.7 Å². The summed E-state index contributed by atoms with van der Waals surface area (Å²) >= 11 is 0. The molecule has 3 aromatic rings. The maximum Gasteiger partial charge on any atom is 0.203 e. The largest absolute Gasteiger partial charge is 0.497 e. The lowest BCUT2D eigenvalue weighted by Gasteiger charge is -2.13. The molecular formula is C31H30O7. The molecule has 0 aromatic heterocycles. The lowest BCUT2D eigenvalue weighted by molar-refractivity contribution is -0.116. The van der Waals surface area contributed by atoms with Gasteiger partial charge >= 0.3 is 0 Å². The van der Waals surface area contributed by atoms with Crippen molar-refractivity contribution in [2.24, 2.45) is 0 Å². The molecule has 7 heteroatoms. The van der Waals surface area contributed by atoms with Crippen LogP contribution in [-0.2, 0) is 9.59 Å². The molecule has 0 aliphatic heterocycles. The van der Waals surface area contributed by atoms with Crippen LogP contribution < -0.4 is 23.7 Å². The third-order valence-electron chi connectivity index (χ3n) is 5.61. The summed E-state index contributed by atoms with van der Waals surface area (Å²) in [5.74, 6) is 1.70. The van der Waals surface area contributed by atoms with Crippen molar-refractivity contribution in [2.75, 3.05) is 35.5 Å². The third-order valence-corrected chi connectivity index (χ3v) is 5.61. The van der Waals surface area contributed by atoms with Gasteiger partial charge in [-0.05, 0) is 71.3 Å². The minimum Gasteiger partial charge on any atom is -0.497 e. The Labute approximate surface area is 222 Å². The van der Waals surface area contributed by atoms with Crippen LogP contribution in [0.15, 0.2) is 78.4 Å². The first-order chi connectivity index (χ1) is 18.4. The van der Waals surface area contributed by atoms with Gasteiger partial charge in [-0.15, -0.1) is 0 Å². The standard InChI is InChI=1S/C31H30O7/c1-34-24-12-6-21(7-13-24)10-16-27(32)26(28(33)17-11-22-8-14-25(35-2)15-9-22)18-23-19-29(36-3)31(38-5)30(20-23)37-4/h6-20H,1-5H3/b16-10+,17-11+. The van der Waals surface area contributed by atoms with Gasteiger partial charge in [-0.25, -0.2) is 0 Å². The van der Waals surface area contributed by atoms with E-state index >= 15 is 0 Å². The maximum absolute atomic E-state index is 13.3. The predicted molar refractivity (Wildman–Crippen MR) is 148 cm³/mol. The molecule has 3 aromatic carbocycles. The predicted octanol–water partition coefficient (Wildman–Crippen LogP) is 5.68. The van der Waals surface area contributed by atoms with Gasteiger partial charge in [0.2, 0.25) is 5.75 Å². The zero-order valence-electron chi connectivity index (χ0n) is 22.0. The van der Waals surface area contributed by atoms with Crippen LogP contribution in [-0.4, -0.2) is 47.1 Å². The van der Waals surface area contributed by atoms with Crippen LogP contribution in [0, 0.1) is 0 Å². The molecule has 0 fully saturated rings. The van der Waals surface area contributed by atoms with E-state index in [4.69, 9.17) is 23.7 Å². The van der Waals surface area contributed by atoms with E-state index in [0.29, 0.717) is 34.3 Å². The molecule has 0 spiro atoms. The number of benzene rings is 3. The van der Waals surface area contributed by atoms with Crippen molar-refractivity contribution >= 4 is 29.8 Å². The monoisotopic (exact) mass is 514 g/mol. The van der Waals surface area contributed by atoms with Crippen molar-refractivity contribution in [3.05, 3.63) is 95.1 Å². The first-order valence-corrected chi connectivity index (χ1v) is 11.7. The summed E-state index contributed by atoms with van der Waals surface area (Å²) in [5.41, 5.74) is 2.07. The second-order valence-electron chi connectivity index (χ2n) is 7.96. The van der Waals surface area contributed by atoms with Crippen molar-refractivity contribution < 1.29 is 33.3 Å². The van der Waals surface area contributed by atoms with Gasteiger partial charge in [0.05, 0.1) is 41.1 Å². The molecule has 0 heterocycles. The van der Waals surface area contributed by atoms with E-state index in [9.17, 15) is 9.59 Å². The summed E-state index contributed by atoms with van der Waals surface area (Å²) in [6, 6.07) is 17.8. The zero-order valence-corrected chi connectivity index (χ0v) is 22.0. The van der Waals surface area contributed by atoms with Gasteiger partial charge in [-0.2, -0.15) is 0 Å². The SMILES string of the molecule is COc1ccc(/C=C/C(=O)C(=Cc2cc(OC)c(OC)c(OC)c2)C(=O)/C=C/c2ccc(OC)cc2)cc1. The van der Waals surface area contributed by atoms with Gasteiger partial charge in [-0.1, -0.05) is 36.4 Å². The molecule has 7 nitrogen and oxygen atoms in total. The molecule has 3 rings (SSSR count). The molecule has 0 radical (unpaired) electrons. The number of ether oxygens (including phenoxy) is 5. The van der Waals surface area contributed by atoms with Gasteiger partial charge in [0.15, 0.2) is 23.1 Å². The van der Waals surface area contributed by atoms with E-state index in [2.05, 4.69) is 0 Å². The zero-order chi connectivity index (χ0) is 27.5. The van der Waals surface area contributed by atoms with Crippen molar-refractivity contribution in [3.8, 4) is 28.7 Å². The third kappa shape index (κ3) is 7.13. The number of allylic oxidation sites excluding steroid dienone is 3. The fourth-order valence-electron chi connectivity index (χ4n) is 3.57. The smallest absolute Gasteiger partial charge is 0.203 e. The molecule has 0 aliphatic carbocycles. The molecule has 0 saturated carbocycles. The number of methoxy groups -OCH3 is 5. The van der Waals surface area contributed by atoms with E-state index in [1.165, 1.54) is 39.6 Å². The van der Waals surface area contributed by atoms with E-state index in [1.54, 1.807) is 62.8 Å². The van der Waals surface area contributed by atoms with Crippen molar-refractivity contribution in [1.82, 2.24) is 0 Å². The van der Waals surface area contributed by atoms with E-state index in [1.807, 2.05) is 24.3 Å². The Balaban J connectivity index is 2.00. The molecule has 0 unspecified atom stereocenters. The summed E-state index contributed by atoms with van der Waals surface area (Å²) in [6.45, 7) is 0. The fraction of sp³-hybridized carbons (Fsp3) is 0.161. The van der Waals surface area contributed by atoms with E-state index in [-0.39, 0.29) is 5.57 Å². The highest BCUT2D eigenvalue weighted by atomic mass is 16.5. The second kappa shape index (κ2) is 13.5. The molecule has 196 valence electrons. The number of carbonyl (C=O) groups excluding carboxylic acids is 2. The average Bonchev–Trinajstić information content (AvgIpc) is 2.97. The second-order valence-corrected chi connectivity index (χ2v) is 7.96. The Morgan fingerprint density at radius 1 is 0.553 bits per heavy atom. The molecule has 0 amide bonds. The van der Waals surface area contributed by atoms with Crippen molar-refractivity contribution in [2.45, 2.75) is 0 Å². The van der Waals surface area contributed by atoms with E-state index < -0.39 is 11.6 Å². The van der Waals surface area contributed by atoms with Crippen LogP contribution in [0.1, 0.15) is 16.7 Å². The normalized spacial score (nSPS) is 10.8. The molecular weight excluding hydrogens is 484 g/mol. The molecule has 0 aliphatic rings. The summed E-state index contributed by atoms with van der Waals surface area (Å²) in [4.78, 5) is 26.5. The lowest BCUT2D eigenvalue weighted by Crippen LogP contribution is -2.09. The van der Waals surface area contributed by atoms with Crippen LogP contribution in [0.5, 0.6) is 28.7 Å². The van der Waals surface area contributed by atoms with Crippen LogP contribution in [0.25, 0.3) is 18.2 Å². The van der Waals surface area contributed by atoms with Crippen LogP contribution >= 0.6 is 0 Å². The number of ketones is 2. The molecule has 38 heavy (non-hydrogen) atoms. The fourth-order valence-corrected chi connectivity index (χ4v) is 3.57. The Morgan fingerprint density at radius 3 is 1.32 bits per heavy atom. The number of hydrogen-bond acceptors (Lipinski definition) is 7. The number of hydrogen-bond donors (Lipinski definition) is 0. The number of carbonyl (C=O) groups is 2. The Bertz CT molecular complexity index is 1250. The highest BCUT2D eigenvalue weighted by Crippen LogP contribution is 2.38. The Hall–Kier alpha value is -4.78. The topological polar surface area (TPSA) is 80.3 Å². The Kier molecular flexibility index (Phi) is 9.88. The first kappa shape index (κ1) is 27.8. The quantitative estimate of drug-likeness (QED) is 0.175. The summed E-state index contributed by atoms with van der Waals surface area (Å²) < 4.78 is 26.6. The van der Waals surface area contributed by atoms with Crippen LogP contribution in [0.3, 0.4) is 0 Å². The van der Waals surface area contributed by atoms with Gasteiger partial charge in [0.1, 0.15) is 11.5 Å². The average molecular weight is 515 g/mol. The summed E-state index contributed by atoms with van der Waals surface area (Å²) in [5, 5.41) is 0. The van der Waals surface area contributed by atoms with Gasteiger partial charge in [-0.3, -0.25) is 9.59 Å². The minimum absolute atomic E-state index is 0.0335. The molecule has 0 N–H and O–H groups in total. The van der Waals surface area contributed by atoms with Crippen molar-refractivity contribution in [3.63, 3.8) is 0 Å². The summed E-state index contributed by atoms with van der Waals surface area (Å²) in [7, 11) is 7.66. The highest BCUT2D eigenvalue weighted by Gasteiger charge is 2.17. The van der Waals surface area contributed by atoms with E-state index in [0.717, 1.165) is 11.1 Å². The Morgan fingerprint density at radius 2 is 0.974 bits per heavy atom. The maximum atomic E-state index is 13.3. The lowest BCUT2D eigenvalue weighted by atomic mass is 10.00. The molecule has 0 atom stereocenters. The van der Waals surface area contributed by atoms with Crippen LogP contribution in [0.2, 0.25) is 0 Å². The van der Waals surface area contributed by atoms with Crippen molar-refractivity contribution in [1.29, 1.82) is 0 Å². The summed E-state index contributed by atoms with van der Waals surface area (Å²) in [6.07, 6.45) is 7.53. The van der Waals surface area contributed by atoms with Gasteiger partial charge in [0, 0.05) is 0 Å². The van der Waals surface area contributed by atoms with Crippen LogP contribution in [0.4, 0.5) is 0 Å². The molecule has 0 saturated heterocycles. The molecule has 0 bridgehead atoms. The minimum atomic E-state index is -0.459. The first-order valence-electron chi connectivity index (χ1n) is 11.7. The van der Waals surface area contributed by atoms with Gasteiger partial charge in [0.25, 0.3) is 0 Å². The highest BCUT2D eigenvalue weighted by molar-refractivity contribution is 6.31. The number of rotatable bonds is 12.